The number of hydrogen-bond acceptors (Lipinski definition) is 9. The first-order valence-electron chi connectivity index (χ1n) is 10.1. The average molecular weight is 442 g/mol. The summed E-state index contributed by atoms with van der Waals surface area (Å²) in [6, 6.07) is 9.72. The molecule has 5 rings (SSSR count). The fraction of sp³-hybridized carbons (Fsp3) is 0.600. The Labute approximate surface area is 175 Å². The Morgan fingerprint density at radius 3 is 2.33 bits per heavy atom. The summed E-state index contributed by atoms with van der Waals surface area (Å²) in [5.41, 5.74) is 0.910. The molecule has 0 N–H and O–H groups in total. The molecule has 0 aliphatic carbocycles. The summed E-state index contributed by atoms with van der Waals surface area (Å²) < 4.78 is 54.6. The first-order chi connectivity index (χ1) is 14.5. The summed E-state index contributed by atoms with van der Waals surface area (Å²) in [4.78, 5) is 0. The Balaban J connectivity index is 1.46. The van der Waals surface area contributed by atoms with E-state index in [2.05, 4.69) is 0 Å². The van der Waals surface area contributed by atoms with Crippen LogP contribution in [0.5, 0.6) is 0 Å². The maximum atomic E-state index is 6.43. The van der Waals surface area contributed by atoms with Gasteiger partial charge in [0.1, 0.15) is 0 Å². The number of fused-ring (bicyclic) bond motifs is 3. The summed E-state index contributed by atoms with van der Waals surface area (Å²) in [7, 11) is -2.81. The van der Waals surface area contributed by atoms with Crippen LogP contribution < -0.4 is 0 Å². The molecule has 0 saturated carbocycles. The minimum absolute atomic E-state index is 0.279. The molecule has 3 saturated heterocycles. The summed E-state index contributed by atoms with van der Waals surface area (Å²) in [6.45, 7) is 6.00. The zero-order valence-electron chi connectivity index (χ0n) is 17.4. The van der Waals surface area contributed by atoms with E-state index in [1.807, 2.05) is 37.3 Å². The molecular weight excluding hydrogens is 415 g/mol. The Morgan fingerprint density at radius 1 is 0.967 bits per heavy atom. The van der Waals surface area contributed by atoms with Crippen molar-refractivity contribution in [3.63, 3.8) is 0 Å². The van der Waals surface area contributed by atoms with Crippen LogP contribution in [-0.4, -0.2) is 51.0 Å². The van der Waals surface area contributed by atoms with Crippen LogP contribution in [0.2, 0.25) is 0 Å². The van der Waals surface area contributed by atoms with Gasteiger partial charge in [-0.05, 0) is 0 Å². The summed E-state index contributed by atoms with van der Waals surface area (Å²) >= 11 is 0. The molecule has 10 heteroatoms. The average Bonchev–Trinajstić information content (AvgIpc) is 3.21. The molecule has 9 nitrogen and oxygen atoms in total. The van der Waals surface area contributed by atoms with Crippen molar-refractivity contribution in [2.45, 2.75) is 57.8 Å². The molecule has 0 radical (unpaired) electrons. The molecule has 3 fully saturated rings. The van der Waals surface area contributed by atoms with Crippen molar-refractivity contribution in [2.75, 3.05) is 20.3 Å². The van der Waals surface area contributed by atoms with E-state index >= 15 is 0 Å². The third kappa shape index (κ3) is 3.16. The van der Waals surface area contributed by atoms with Gasteiger partial charge in [-0.3, -0.25) is 0 Å². The van der Waals surface area contributed by atoms with E-state index in [-0.39, 0.29) is 6.61 Å². The van der Waals surface area contributed by atoms with E-state index in [9.17, 15) is 0 Å². The molecule has 1 aromatic carbocycles. The number of allylic oxidation sites excluding steroid dienone is 2. The summed E-state index contributed by atoms with van der Waals surface area (Å²) in [5.74, 6) is 1.11. The van der Waals surface area contributed by atoms with Gasteiger partial charge < -0.3 is 0 Å². The molecule has 30 heavy (non-hydrogen) atoms. The number of hydrogen-bond donors (Lipinski definition) is 0. The molecule has 4 heterocycles. The van der Waals surface area contributed by atoms with E-state index in [1.165, 1.54) is 0 Å². The maximum absolute atomic E-state index is 6.43. The summed E-state index contributed by atoms with van der Waals surface area (Å²) in [6.07, 6.45) is -3.41. The predicted molar refractivity (Wildman–Crippen MR) is 105 cm³/mol. The van der Waals surface area contributed by atoms with Crippen LogP contribution in [0.1, 0.15) is 32.6 Å². The first-order valence-corrected chi connectivity index (χ1v) is 11.9. The molecule has 0 bridgehead atoms. The van der Waals surface area contributed by atoms with E-state index in [0.717, 1.165) is 5.56 Å². The molecule has 4 aliphatic heterocycles. The van der Waals surface area contributed by atoms with Crippen molar-refractivity contribution < 1.29 is 41.6 Å². The van der Waals surface area contributed by atoms with Gasteiger partial charge in [0.05, 0.1) is 0 Å². The van der Waals surface area contributed by atoms with Crippen molar-refractivity contribution >= 4 is 7.74 Å². The second kappa shape index (κ2) is 7.39. The van der Waals surface area contributed by atoms with Gasteiger partial charge in [-0.25, -0.2) is 0 Å². The third-order valence-corrected chi connectivity index (χ3v) is 8.58. The summed E-state index contributed by atoms with van der Waals surface area (Å²) in [5, 5.41) is 0. The van der Waals surface area contributed by atoms with E-state index in [0.29, 0.717) is 18.1 Å². The second-order valence-electron chi connectivity index (χ2n) is 7.55. The van der Waals surface area contributed by atoms with Gasteiger partial charge >= 0.3 is 175 Å². The third-order valence-electron chi connectivity index (χ3n) is 5.58. The van der Waals surface area contributed by atoms with Gasteiger partial charge in [-0.15, -0.1) is 0 Å². The normalized spacial score (nSPS) is 40.1. The van der Waals surface area contributed by atoms with Gasteiger partial charge in [0.2, 0.25) is 0 Å². The van der Waals surface area contributed by atoms with Crippen LogP contribution in [0.25, 0.3) is 0 Å². The van der Waals surface area contributed by atoms with Gasteiger partial charge in [0.15, 0.2) is 0 Å². The Kier molecular flexibility index (Phi) is 5.08. The fourth-order valence-electron chi connectivity index (χ4n) is 4.18. The molecular formula is C20H27O9P. The molecule has 166 valence electrons. The molecule has 0 aromatic heterocycles. The topological polar surface area (TPSA) is 83.1 Å². The SMILES string of the molecule is CCOP12(OC(C)=C(C)O1)O[C@@H]1[C@@H](O2)[C@@H](OC)O[C@@H]2CO[C@@H](c3ccccc3)O[C@@H]12. The van der Waals surface area contributed by atoms with Crippen molar-refractivity contribution in [1.29, 1.82) is 0 Å². The van der Waals surface area contributed by atoms with Gasteiger partial charge in [-0.2, -0.15) is 0 Å². The van der Waals surface area contributed by atoms with Gasteiger partial charge in [0.25, 0.3) is 0 Å². The first kappa shape index (κ1) is 20.6. The van der Waals surface area contributed by atoms with Crippen LogP contribution >= 0.6 is 7.74 Å². The zero-order chi connectivity index (χ0) is 21.0. The Hall–Kier alpha value is -1.29. The minimum atomic E-state index is -4.36. The monoisotopic (exact) mass is 442 g/mol. The number of ether oxygens (including phenoxy) is 4. The van der Waals surface area contributed by atoms with Crippen LogP contribution in [0, 0.1) is 0 Å². The number of rotatable bonds is 4. The Morgan fingerprint density at radius 2 is 1.67 bits per heavy atom. The van der Waals surface area contributed by atoms with Crippen molar-refractivity contribution in [3.05, 3.63) is 47.4 Å². The molecule has 1 spiro atoms. The number of methoxy groups -OCH3 is 1. The quantitative estimate of drug-likeness (QED) is 0.648. The van der Waals surface area contributed by atoms with E-state index in [1.54, 1.807) is 21.0 Å². The Bertz CT molecular complexity index is 817. The van der Waals surface area contributed by atoms with Gasteiger partial charge in [-0.1, -0.05) is 0 Å². The zero-order valence-corrected chi connectivity index (χ0v) is 18.3. The predicted octanol–water partition coefficient (Wildman–Crippen LogP) is 3.72. The van der Waals surface area contributed by atoms with Gasteiger partial charge in [0, 0.05) is 0 Å². The fourth-order valence-corrected chi connectivity index (χ4v) is 7.49. The van der Waals surface area contributed by atoms with Crippen molar-refractivity contribution in [1.82, 2.24) is 0 Å². The van der Waals surface area contributed by atoms with Crippen LogP contribution in [0.15, 0.2) is 41.9 Å². The molecule has 1 aromatic rings. The standard InChI is InChI=1S/C20H27O9P/c1-5-23-30(26-12(2)13(3)27-30)28-17-16-15(24-20(21-4)18(17)29-30)11-22-19(25-16)14-9-7-6-8-10-14/h6-10,15-20H,5,11H2,1-4H3/t15-,16-,17+,18-,19-,20+/m1/s1. The molecule has 0 amide bonds. The van der Waals surface area contributed by atoms with Crippen LogP contribution in [-0.2, 0) is 41.6 Å². The van der Waals surface area contributed by atoms with Crippen molar-refractivity contribution in [2.24, 2.45) is 0 Å². The molecule has 4 aliphatic rings. The van der Waals surface area contributed by atoms with Crippen LogP contribution in [0.4, 0.5) is 0 Å². The van der Waals surface area contributed by atoms with E-state index < -0.39 is 44.7 Å². The van der Waals surface area contributed by atoms with Crippen molar-refractivity contribution in [3.8, 4) is 0 Å². The molecule has 0 unspecified atom stereocenters. The second-order valence-corrected chi connectivity index (χ2v) is 10.1. The number of benzene rings is 1. The van der Waals surface area contributed by atoms with Crippen LogP contribution in [0.3, 0.4) is 0 Å². The molecule has 6 atom stereocenters. The van der Waals surface area contributed by atoms with E-state index in [4.69, 9.17) is 41.6 Å².